The first kappa shape index (κ1) is 26.2. The maximum absolute atomic E-state index is 2.44. The first-order chi connectivity index (χ1) is 16.9. The van der Waals surface area contributed by atoms with Crippen LogP contribution < -0.4 is 9.80 Å². The third kappa shape index (κ3) is 5.02. The van der Waals surface area contributed by atoms with E-state index in [-0.39, 0.29) is 7.43 Å². The Kier molecular flexibility index (Phi) is 8.07. The zero-order valence-electron chi connectivity index (χ0n) is 21.0. The molecule has 0 saturated carbocycles. The minimum atomic E-state index is 0. The Hall–Kier alpha value is -2.82. The van der Waals surface area contributed by atoms with Gasteiger partial charge in [-0.2, -0.15) is 0 Å². The molecule has 4 heteroatoms. The summed E-state index contributed by atoms with van der Waals surface area (Å²) in [7, 11) is 0. The van der Waals surface area contributed by atoms with Gasteiger partial charge in [-0.05, 0) is 88.7 Å². The second-order valence-electron chi connectivity index (χ2n) is 9.51. The van der Waals surface area contributed by atoms with Crippen molar-refractivity contribution in [2.75, 3.05) is 9.80 Å². The van der Waals surface area contributed by atoms with Crippen LogP contribution in [0.4, 0.5) is 22.7 Å². The largest absolute Gasteiger partial charge is 0.337 e. The lowest BCUT2D eigenvalue weighted by Gasteiger charge is -2.36. The molecule has 2 nitrogen and oxygen atoms in total. The lowest BCUT2D eigenvalue weighted by atomic mass is 10.1. The maximum atomic E-state index is 2.44. The van der Waals surface area contributed by atoms with Crippen molar-refractivity contribution in [1.82, 2.24) is 0 Å². The van der Waals surface area contributed by atoms with Gasteiger partial charge in [-0.15, -0.1) is 0 Å². The first-order valence-corrected chi connectivity index (χ1v) is 13.9. The molecule has 2 aliphatic rings. The Morgan fingerprint density at radius 3 is 1.28 bits per heavy atom. The average Bonchev–Trinajstić information content (AvgIpc) is 2.85. The van der Waals surface area contributed by atoms with Gasteiger partial charge < -0.3 is 9.80 Å². The zero-order chi connectivity index (χ0) is 24.5. The number of para-hydroxylation sites is 3. The summed E-state index contributed by atoms with van der Waals surface area (Å²) >= 11 is 3.73. The highest BCUT2D eigenvalue weighted by atomic mass is 32.2. The van der Waals surface area contributed by atoms with Crippen molar-refractivity contribution >= 4 is 46.3 Å². The highest BCUT2D eigenvalue weighted by molar-refractivity contribution is 8.00. The van der Waals surface area contributed by atoms with E-state index in [0.29, 0.717) is 12.1 Å². The van der Waals surface area contributed by atoms with E-state index in [0.717, 1.165) is 0 Å². The van der Waals surface area contributed by atoms with Gasteiger partial charge in [0.05, 0.1) is 22.7 Å². The van der Waals surface area contributed by atoms with Crippen LogP contribution in [0.2, 0.25) is 0 Å². The number of anilines is 4. The van der Waals surface area contributed by atoms with Crippen molar-refractivity contribution < 1.29 is 0 Å². The Morgan fingerprint density at radius 1 is 0.500 bits per heavy atom. The molecule has 0 saturated heterocycles. The molecule has 4 aromatic carbocycles. The van der Waals surface area contributed by atoms with E-state index in [4.69, 9.17) is 0 Å². The lowest BCUT2D eigenvalue weighted by Crippen LogP contribution is -2.28. The third-order valence-electron chi connectivity index (χ3n) is 6.22. The van der Waals surface area contributed by atoms with Crippen LogP contribution in [-0.2, 0) is 0 Å². The van der Waals surface area contributed by atoms with E-state index >= 15 is 0 Å². The van der Waals surface area contributed by atoms with E-state index < -0.39 is 0 Å². The van der Waals surface area contributed by atoms with Gasteiger partial charge in [0.25, 0.3) is 0 Å². The minimum absolute atomic E-state index is 0. The molecule has 6 rings (SSSR count). The fourth-order valence-corrected chi connectivity index (χ4v) is 6.86. The van der Waals surface area contributed by atoms with Crippen molar-refractivity contribution in [2.24, 2.45) is 0 Å². The molecule has 0 N–H and O–H groups in total. The molecule has 0 atom stereocenters. The van der Waals surface area contributed by atoms with Crippen LogP contribution >= 0.6 is 23.5 Å². The highest BCUT2D eigenvalue weighted by Crippen LogP contribution is 2.50. The summed E-state index contributed by atoms with van der Waals surface area (Å²) in [5, 5.41) is 0. The number of rotatable bonds is 2. The van der Waals surface area contributed by atoms with Crippen LogP contribution in [0.5, 0.6) is 0 Å². The van der Waals surface area contributed by atoms with Gasteiger partial charge in [0, 0.05) is 31.7 Å². The van der Waals surface area contributed by atoms with Crippen molar-refractivity contribution in [2.45, 2.75) is 73.7 Å². The fourth-order valence-electron chi connectivity index (χ4n) is 4.74. The number of hydrogen-bond acceptors (Lipinski definition) is 4. The Morgan fingerprint density at radius 2 is 0.861 bits per heavy atom. The van der Waals surface area contributed by atoms with Gasteiger partial charge in [-0.25, -0.2) is 0 Å². The summed E-state index contributed by atoms with van der Waals surface area (Å²) in [6, 6.07) is 33.6. The van der Waals surface area contributed by atoms with Gasteiger partial charge in [0.15, 0.2) is 0 Å². The summed E-state index contributed by atoms with van der Waals surface area (Å²) in [6.45, 7) is 11.1. The van der Waals surface area contributed by atoms with Gasteiger partial charge in [-0.1, -0.05) is 73.4 Å². The van der Waals surface area contributed by atoms with Crippen molar-refractivity contribution in [3.63, 3.8) is 0 Å². The second kappa shape index (κ2) is 11.1. The number of hydrogen-bond donors (Lipinski definition) is 0. The van der Waals surface area contributed by atoms with Gasteiger partial charge in [0.1, 0.15) is 0 Å². The van der Waals surface area contributed by atoms with Crippen LogP contribution in [0.15, 0.2) is 111 Å². The molecule has 0 unspecified atom stereocenters. The van der Waals surface area contributed by atoms with Crippen molar-refractivity contribution in [1.29, 1.82) is 0 Å². The lowest BCUT2D eigenvalue weighted by molar-refractivity contribution is 0.772. The zero-order valence-corrected chi connectivity index (χ0v) is 22.7. The van der Waals surface area contributed by atoms with Gasteiger partial charge in [0.2, 0.25) is 0 Å². The van der Waals surface area contributed by atoms with Gasteiger partial charge >= 0.3 is 0 Å². The van der Waals surface area contributed by atoms with E-state index in [1.807, 2.05) is 23.5 Å². The number of nitrogens with zero attached hydrogens (tertiary/aromatic N) is 2. The number of fused-ring (bicyclic) bond motifs is 4. The van der Waals surface area contributed by atoms with Crippen LogP contribution in [0.25, 0.3) is 0 Å². The summed E-state index contributed by atoms with van der Waals surface area (Å²) in [6.07, 6.45) is 0. The maximum Gasteiger partial charge on any atom is 0.0557 e. The molecular formula is C32H36N2S2. The molecule has 0 fully saturated rings. The average molecular weight is 513 g/mol. The SMILES string of the molecule is C.CC(C)N1c2ccccc2Sc2ccccc21.Cc1ccc2c(c1)N(C(C)C)c1ccccc1S2. The molecule has 36 heavy (non-hydrogen) atoms. The summed E-state index contributed by atoms with van der Waals surface area (Å²) in [5.74, 6) is 0. The minimum Gasteiger partial charge on any atom is -0.337 e. The molecule has 0 spiro atoms. The Bertz CT molecular complexity index is 1300. The monoisotopic (exact) mass is 512 g/mol. The standard InChI is InChI=1S/C16H17NS.C15H15NS.CH4/c1-11(2)17-13-6-4-5-7-15(13)18-16-9-8-12(3)10-14(16)17;1-11(2)16-12-7-3-5-9-14(12)17-15-10-6-4-8-13(15)16;/h4-11H,1-3H3;3-11H,1-2H3;1H4. The molecule has 2 heterocycles. The van der Waals surface area contributed by atoms with Crippen molar-refractivity contribution in [3.8, 4) is 0 Å². The number of benzene rings is 4. The van der Waals surface area contributed by atoms with E-state index in [1.54, 1.807) is 0 Å². The molecule has 0 aromatic heterocycles. The molecule has 2 aliphatic heterocycles. The summed E-state index contributed by atoms with van der Waals surface area (Å²) in [5.41, 5.74) is 6.64. The topological polar surface area (TPSA) is 6.48 Å². The summed E-state index contributed by atoms with van der Waals surface area (Å²) < 4.78 is 0. The van der Waals surface area contributed by atoms with Crippen LogP contribution in [-0.4, -0.2) is 12.1 Å². The van der Waals surface area contributed by atoms with Crippen LogP contribution in [0.3, 0.4) is 0 Å². The molecule has 0 amide bonds. The smallest absolute Gasteiger partial charge is 0.0557 e. The highest BCUT2D eigenvalue weighted by Gasteiger charge is 2.25. The quantitative estimate of drug-likeness (QED) is 0.263. The Labute approximate surface area is 225 Å². The predicted octanol–water partition coefficient (Wildman–Crippen LogP) is 10.3. The molecule has 0 radical (unpaired) electrons. The molecule has 4 aromatic rings. The molecular weight excluding hydrogens is 477 g/mol. The Balaban J connectivity index is 0.000000165. The van der Waals surface area contributed by atoms with Crippen molar-refractivity contribution in [3.05, 3.63) is 96.6 Å². The molecule has 186 valence electrons. The molecule has 0 bridgehead atoms. The van der Waals surface area contributed by atoms with Gasteiger partial charge in [-0.3, -0.25) is 0 Å². The normalized spacial score (nSPS) is 13.1. The van der Waals surface area contributed by atoms with Crippen LogP contribution in [0.1, 0.15) is 40.7 Å². The number of aryl methyl sites for hydroxylation is 1. The third-order valence-corrected chi connectivity index (χ3v) is 8.48. The second-order valence-corrected chi connectivity index (χ2v) is 11.7. The van der Waals surface area contributed by atoms with Crippen LogP contribution in [0, 0.1) is 6.92 Å². The fraction of sp³-hybridized carbons (Fsp3) is 0.250. The predicted molar refractivity (Wildman–Crippen MR) is 160 cm³/mol. The van der Waals surface area contributed by atoms with E-state index in [1.165, 1.54) is 47.9 Å². The first-order valence-electron chi connectivity index (χ1n) is 12.3. The molecule has 0 aliphatic carbocycles. The van der Waals surface area contributed by atoms with E-state index in [2.05, 4.69) is 135 Å². The summed E-state index contributed by atoms with van der Waals surface area (Å²) in [4.78, 5) is 10.3. The van der Waals surface area contributed by atoms with E-state index in [9.17, 15) is 0 Å².